The van der Waals surface area contributed by atoms with Crippen molar-refractivity contribution in [2.45, 2.75) is 11.5 Å². The normalized spacial score (nSPS) is 26.0. The predicted molar refractivity (Wildman–Crippen MR) is 58.1 cm³/mol. The first-order chi connectivity index (χ1) is 6.79. The van der Waals surface area contributed by atoms with E-state index >= 15 is 0 Å². The standard InChI is InChI=1S/C12H10ClF/c13-11-8-4-7-10(12(11)14)9-5-2-1-3-6-9/h1-8,11-12H. The Morgan fingerprint density at radius 1 is 1.14 bits per heavy atom. The van der Waals surface area contributed by atoms with Crippen molar-refractivity contribution in [3.63, 3.8) is 0 Å². The van der Waals surface area contributed by atoms with Crippen LogP contribution in [0.15, 0.2) is 48.6 Å². The van der Waals surface area contributed by atoms with Crippen molar-refractivity contribution < 1.29 is 4.39 Å². The zero-order valence-electron chi connectivity index (χ0n) is 7.53. The second-order valence-corrected chi connectivity index (χ2v) is 3.72. The molecule has 2 rings (SSSR count). The third-order valence-electron chi connectivity index (χ3n) is 2.25. The summed E-state index contributed by atoms with van der Waals surface area (Å²) in [5, 5.41) is -0.546. The smallest absolute Gasteiger partial charge is 0.145 e. The summed E-state index contributed by atoms with van der Waals surface area (Å²) >= 11 is 5.81. The Morgan fingerprint density at radius 3 is 2.57 bits per heavy atom. The highest BCUT2D eigenvalue weighted by Crippen LogP contribution is 2.29. The average molecular weight is 209 g/mol. The lowest BCUT2D eigenvalue weighted by atomic mass is 9.95. The molecule has 0 amide bonds. The SMILES string of the molecule is FC1C(c2ccccc2)=CC=CC1Cl. The van der Waals surface area contributed by atoms with Gasteiger partial charge in [-0.3, -0.25) is 0 Å². The summed E-state index contributed by atoms with van der Waals surface area (Å²) in [6, 6.07) is 9.48. The monoisotopic (exact) mass is 208 g/mol. The molecule has 14 heavy (non-hydrogen) atoms. The highest BCUT2D eigenvalue weighted by atomic mass is 35.5. The Bertz CT molecular complexity index is 367. The molecule has 0 aliphatic heterocycles. The Morgan fingerprint density at radius 2 is 1.86 bits per heavy atom. The summed E-state index contributed by atoms with van der Waals surface area (Å²) in [7, 11) is 0. The number of hydrogen-bond donors (Lipinski definition) is 0. The van der Waals surface area contributed by atoms with Gasteiger partial charge in [0.25, 0.3) is 0 Å². The Kier molecular flexibility index (Phi) is 2.69. The van der Waals surface area contributed by atoms with Gasteiger partial charge in [-0.1, -0.05) is 48.6 Å². The van der Waals surface area contributed by atoms with Gasteiger partial charge in [0, 0.05) is 0 Å². The van der Waals surface area contributed by atoms with Gasteiger partial charge in [0.2, 0.25) is 0 Å². The summed E-state index contributed by atoms with van der Waals surface area (Å²) in [4.78, 5) is 0. The lowest BCUT2D eigenvalue weighted by molar-refractivity contribution is 0.417. The third-order valence-corrected chi connectivity index (χ3v) is 2.62. The van der Waals surface area contributed by atoms with Gasteiger partial charge in [0.15, 0.2) is 0 Å². The molecule has 72 valence electrons. The van der Waals surface area contributed by atoms with Gasteiger partial charge >= 0.3 is 0 Å². The lowest BCUT2D eigenvalue weighted by Gasteiger charge is -2.18. The van der Waals surface area contributed by atoms with E-state index in [0.29, 0.717) is 5.57 Å². The summed E-state index contributed by atoms with van der Waals surface area (Å²) < 4.78 is 13.7. The number of hydrogen-bond acceptors (Lipinski definition) is 0. The van der Waals surface area contributed by atoms with Gasteiger partial charge in [-0.2, -0.15) is 0 Å². The third kappa shape index (κ3) is 1.73. The first-order valence-electron chi connectivity index (χ1n) is 4.51. The van der Waals surface area contributed by atoms with Crippen LogP contribution in [0.2, 0.25) is 0 Å². The second-order valence-electron chi connectivity index (χ2n) is 3.22. The molecule has 0 saturated carbocycles. The van der Waals surface area contributed by atoms with Crippen molar-refractivity contribution >= 4 is 17.2 Å². The molecule has 0 aromatic heterocycles. The maximum Gasteiger partial charge on any atom is 0.145 e. The lowest BCUT2D eigenvalue weighted by Crippen LogP contribution is -2.17. The Hall–Kier alpha value is -1.08. The summed E-state index contributed by atoms with van der Waals surface area (Å²) in [5.41, 5.74) is 1.56. The van der Waals surface area contributed by atoms with Crippen LogP contribution in [0, 0.1) is 0 Å². The molecule has 2 atom stereocenters. The average Bonchev–Trinajstić information content (AvgIpc) is 2.23. The molecule has 0 bridgehead atoms. The largest absolute Gasteiger partial charge is 0.240 e. The van der Waals surface area contributed by atoms with Crippen molar-refractivity contribution in [1.82, 2.24) is 0 Å². The molecule has 0 radical (unpaired) electrons. The first-order valence-corrected chi connectivity index (χ1v) is 4.94. The highest BCUT2D eigenvalue weighted by Gasteiger charge is 2.23. The van der Waals surface area contributed by atoms with Gasteiger partial charge in [0.1, 0.15) is 6.17 Å². The molecule has 1 aromatic carbocycles. The van der Waals surface area contributed by atoms with Crippen molar-refractivity contribution in [2.24, 2.45) is 0 Å². The minimum absolute atomic E-state index is 0.546. The van der Waals surface area contributed by atoms with E-state index in [0.717, 1.165) is 5.56 Å². The van der Waals surface area contributed by atoms with Gasteiger partial charge < -0.3 is 0 Å². The molecule has 0 N–H and O–H groups in total. The molecule has 2 unspecified atom stereocenters. The zero-order valence-corrected chi connectivity index (χ0v) is 8.29. The molecule has 0 heterocycles. The molecule has 0 fully saturated rings. The van der Waals surface area contributed by atoms with Crippen LogP contribution >= 0.6 is 11.6 Å². The molecular weight excluding hydrogens is 199 g/mol. The predicted octanol–water partition coefficient (Wildman–Crippen LogP) is 3.59. The molecule has 2 heteroatoms. The highest BCUT2D eigenvalue weighted by molar-refractivity contribution is 6.23. The van der Waals surface area contributed by atoms with Crippen LogP contribution in [0.5, 0.6) is 0 Å². The van der Waals surface area contributed by atoms with Crippen LogP contribution in [0.1, 0.15) is 5.56 Å². The van der Waals surface area contributed by atoms with Gasteiger partial charge in [-0.15, -0.1) is 11.6 Å². The summed E-state index contributed by atoms with van der Waals surface area (Å²) in [6.07, 6.45) is 4.14. The van der Waals surface area contributed by atoms with E-state index in [-0.39, 0.29) is 0 Å². The fourth-order valence-electron chi connectivity index (χ4n) is 1.51. The zero-order chi connectivity index (χ0) is 9.97. The fraction of sp³-hybridized carbons (Fsp3) is 0.167. The quantitative estimate of drug-likeness (QED) is 0.619. The van der Waals surface area contributed by atoms with E-state index in [1.165, 1.54) is 0 Å². The Labute approximate surface area is 87.7 Å². The van der Waals surface area contributed by atoms with E-state index in [2.05, 4.69) is 0 Å². The van der Waals surface area contributed by atoms with Gasteiger partial charge in [-0.25, -0.2) is 4.39 Å². The van der Waals surface area contributed by atoms with Crippen LogP contribution in [-0.4, -0.2) is 11.5 Å². The van der Waals surface area contributed by atoms with Crippen LogP contribution in [-0.2, 0) is 0 Å². The molecule has 1 aromatic rings. The van der Waals surface area contributed by atoms with Crippen LogP contribution in [0.4, 0.5) is 4.39 Å². The number of rotatable bonds is 1. The fourth-order valence-corrected chi connectivity index (χ4v) is 1.73. The van der Waals surface area contributed by atoms with E-state index in [1.54, 1.807) is 18.2 Å². The molecule has 1 aliphatic rings. The van der Waals surface area contributed by atoms with E-state index < -0.39 is 11.5 Å². The second kappa shape index (κ2) is 3.97. The molecule has 1 aliphatic carbocycles. The summed E-state index contributed by atoms with van der Waals surface area (Å²) in [6.45, 7) is 0. The Balaban J connectivity index is 2.35. The first kappa shape index (κ1) is 9.47. The van der Waals surface area contributed by atoms with Crippen molar-refractivity contribution in [2.75, 3.05) is 0 Å². The van der Waals surface area contributed by atoms with E-state index in [9.17, 15) is 4.39 Å². The van der Waals surface area contributed by atoms with Crippen molar-refractivity contribution in [1.29, 1.82) is 0 Å². The van der Waals surface area contributed by atoms with E-state index in [4.69, 9.17) is 11.6 Å². The number of halogens is 2. The van der Waals surface area contributed by atoms with Crippen LogP contribution in [0.25, 0.3) is 5.57 Å². The van der Waals surface area contributed by atoms with Crippen molar-refractivity contribution in [3.8, 4) is 0 Å². The molecule has 0 spiro atoms. The molecular formula is C12H10ClF. The number of allylic oxidation sites excluding steroid dienone is 4. The van der Waals surface area contributed by atoms with E-state index in [1.807, 2.05) is 30.3 Å². The van der Waals surface area contributed by atoms with Gasteiger partial charge in [0.05, 0.1) is 5.38 Å². The molecule has 0 nitrogen and oxygen atoms in total. The minimum Gasteiger partial charge on any atom is -0.240 e. The van der Waals surface area contributed by atoms with Crippen LogP contribution in [0.3, 0.4) is 0 Å². The maximum absolute atomic E-state index is 13.7. The topological polar surface area (TPSA) is 0 Å². The summed E-state index contributed by atoms with van der Waals surface area (Å²) in [5.74, 6) is 0. The number of alkyl halides is 2. The van der Waals surface area contributed by atoms with Crippen molar-refractivity contribution in [3.05, 3.63) is 54.1 Å². The van der Waals surface area contributed by atoms with Crippen LogP contribution < -0.4 is 0 Å². The minimum atomic E-state index is -1.11. The molecule has 0 saturated heterocycles. The maximum atomic E-state index is 13.7. The number of benzene rings is 1. The van der Waals surface area contributed by atoms with Gasteiger partial charge in [-0.05, 0) is 11.1 Å².